The molecule has 2 aromatic carbocycles. The molecule has 0 fully saturated rings. The van der Waals surface area contributed by atoms with Crippen LogP contribution in [0.15, 0.2) is 85.9 Å². The molecule has 0 amide bonds. The molecule has 2 N–H and O–H groups in total. The van der Waals surface area contributed by atoms with Crippen LogP contribution in [0.1, 0.15) is 28.6 Å². The zero-order chi connectivity index (χ0) is 29.5. The molecule has 1 unspecified atom stereocenters. The van der Waals surface area contributed by atoms with Crippen LogP contribution in [-0.4, -0.2) is 33.7 Å². The Balaban J connectivity index is 1.29. The second-order valence-electron chi connectivity index (χ2n) is 10.8. The first-order valence-electron chi connectivity index (χ1n) is 13.7. The van der Waals surface area contributed by atoms with Gasteiger partial charge in [-0.25, -0.2) is 9.59 Å². The lowest BCUT2D eigenvalue weighted by Gasteiger charge is -2.23. The second kappa shape index (κ2) is 10.7. The summed E-state index contributed by atoms with van der Waals surface area (Å²) in [5.41, 5.74) is 6.96. The van der Waals surface area contributed by atoms with E-state index in [1.165, 1.54) is 7.11 Å². The average Bonchev–Trinajstić information content (AvgIpc) is 2.98. The van der Waals surface area contributed by atoms with Crippen LogP contribution in [0, 0.1) is 11.3 Å². The minimum absolute atomic E-state index is 0.0792. The van der Waals surface area contributed by atoms with Crippen molar-refractivity contribution in [3.63, 3.8) is 0 Å². The quantitative estimate of drug-likeness (QED) is 0.188. The van der Waals surface area contributed by atoms with Crippen LogP contribution in [0.25, 0.3) is 39.5 Å². The molecule has 1 aromatic heterocycles. The highest BCUT2D eigenvalue weighted by Crippen LogP contribution is 2.41. The molecular formula is C34H31N3O5. The summed E-state index contributed by atoms with van der Waals surface area (Å²) in [5, 5.41) is 13.0. The molecule has 2 heterocycles. The molecule has 6 rings (SSSR count). The molecule has 3 aromatic rings. The van der Waals surface area contributed by atoms with Crippen molar-refractivity contribution < 1.29 is 18.4 Å². The lowest BCUT2D eigenvalue weighted by atomic mass is 9.87. The first-order chi connectivity index (χ1) is 20.2. The Morgan fingerprint density at radius 3 is 2.57 bits per heavy atom. The van der Waals surface area contributed by atoms with Gasteiger partial charge in [0, 0.05) is 60.7 Å². The molecule has 0 saturated carbocycles. The van der Waals surface area contributed by atoms with Gasteiger partial charge in [-0.05, 0) is 77.6 Å². The summed E-state index contributed by atoms with van der Waals surface area (Å²) in [6.07, 6.45) is 2.55. The van der Waals surface area contributed by atoms with Gasteiger partial charge in [-0.2, -0.15) is 0 Å². The van der Waals surface area contributed by atoms with Crippen LogP contribution in [0.2, 0.25) is 0 Å². The van der Waals surface area contributed by atoms with Gasteiger partial charge in [0.25, 0.3) is 0 Å². The highest BCUT2D eigenvalue weighted by molar-refractivity contribution is 6.02. The van der Waals surface area contributed by atoms with Gasteiger partial charge in [0.2, 0.25) is 0 Å². The number of anilines is 2. The number of hydrogen-bond acceptors (Lipinski definition) is 8. The number of esters is 1. The predicted molar refractivity (Wildman–Crippen MR) is 164 cm³/mol. The molecule has 2 aliphatic carbocycles. The standard InChI is InChI=1S/C34H31N3O5/c1-19-13-21-14-28(33(38)40-4)34(39)42-29(21)15-22(19)18-36-24-8-5-20(6-9-24)32-26-11-7-23(35)16-30(26)41-31-17-25(37(2)3)10-12-27(31)32/h5-12,14-17,19,35-36H,13,18H2,1-4H3. The van der Waals surface area contributed by atoms with E-state index in [0.29, 0.717) is 29.8 Å². The SMILES string of the molecule is COC(=O)c1cc2c(oc1=O)C=C(CNc1ccc(-c3c4ccc(=N)cc-4oc4cc(N(C)C)ccc34)cc1)C(C)C2. The fourth-order valence-corrected chi connectivity index (χ4v) is 5.48. The molecule has 0 radical (unpaired) electrons. The second-order valence-corrected chi connectivity index (χ2v) is 10.8. The lowest BCUT2D eigenvalue weighted by Crippen LogP contribution is -2.21. The first-order valence-corrected chi connectivity index (χ1v) is 13.7. The van der Waals surface area contributed by atoms with Gasteiger partial charge in [0.05, 0.1) is 12.5 Å². The zero-order valence-corrected chi connectivity index (χ0v) is 23.9. The number of benzene rings is 3. The van der Waals surface area contributed by atoms with Crippen molar-refractivity contribution in [1.29, 1.82) is 5.41 Å². The molecule has 3 aliphatic rings. The number of ether oxygens (including phenoxy) is 1. The average molecular weight is 562 g/mol. The number of nitrogens with one attached hydrogen (secondary N) is 2. The van der Waals surface area contributed by atoms with Crippen molar-refractivity contribution in [3.8, 4) is 22.5 Å². The van der Waals surface area contributed by atoms with Crippen LogP contribution < -0.4 is 21.2 Å². The normalized spacial score (nSPS) is 14.4. The fourth-order valence-electron chi connectivity index (χ4n) is 5.48. The number of carbonyl (C=O) groups is 1. The number of rotatable bonds is 6. The van der Waals surface area contributed by atoms with Gasteiger partial charge in [-0.1, -0.05) is 19.1 Å². The molecule has 1 atom stereocenters. The number of methoxy groups -OCH3 is 1. The summed E-state index contributed by atoms with van der Waals surface area (Å²) in [6.45, 7) is 2.70. The van der Waals surface area contributed by atoms with E-state index in [1.54, 1.807) is 18.2 Å². The number of carbonyl (C=O) groups excluding carboxylic acids is 1. The van der Waals surface area contributed by atoms with Crippen LogP contribution in [-0.2, 0) is 11.2 Å². The Hall–Kier alpha value is -5.11. The van der Waals surface area contributed by atoms with Gasteiger partial charge < -0.3 is 29.2 Å². The van der Waals surface area contributed by atoms with E-state index in [-0.39, 0.29) is 11.5 Å². The van der Waals surface area contributed by atoms with Gasteiger partial charge in [0.1, 0.15) is 22.7 Å². The summed E-state index contributed by atoms with van der Waals surface area (Å²) in [4.78, 5) is 26.2. The lowest BCUT2D eigenvalue weighted by molar-refractivity contribution is 0.0595. The van der Waals surface area contributed by atoms with Crippen LogP contribution in [0.5, 0.6) is 0 Å². The highest BCUT2D eigenvalue weighted by atomic mass is 16.5. The van der Waals surface area contributed by atoms with Crippen LogP contribution in [0.3, 0.4) is 0 Å². The maximum Gasteiger partial charge on any atom is 0.350 e. The van der Waals surface area contributed by atoms with Gasteiger partial charge in [-0.3, -0.25) is 0 Å². The van der Waals surface area contributed by atoms with E-state index in [4.69, 9.17) is 19.0 Å². The largest absolute Gasteiger partial charge is 0.465 e. The third kappa shape index (κ3) is 4.96. The van der Waals surface area contributed by atoms with Crippen LogP contribution >= 0.6 is 0 Å². The zero-order valence-electron chi connectivity index (χ0n) is 23.9. The topological polar surface area (TPSA) is 109 Å². The maximum absolute atomic E-state index is 12.3. The molecular weight excluding hydrogens is 530 g/mol. The van der Waals surface area contributed by atoms with Crippen LogP contribution in [0.4, 0.5) is 11.4 Å². The predicted octanol–water partition coefficient (Wildman–Crippen LogP) is 6.18. The van der Waals surface area contributed by atoms with Crippen molar-refractivity contribution in [3.05, 3.63) is 105 Å². The molecule has 0 saturated heterocycles. The summed E-state index contributed by atoms with van der Waals surface area (Å²) in [6, 6.07) is 21.5. The number of nitrogens with zero attached hydrogens (tertiary/aromatic N) is 1. The molecule has 42 heavy (non-hydrogen) atoms. The Morgan fingerprint density at radius 1 is 1.05 bits per heavy atom. The summed E-state index contributed by atoms with van der Waals surface area (Å²) >= 11 is 0. The van der Waals surface area contributed by atoms with Crippen molar-refractivity contribution >= 4 is 34.4 Å². The maximum atomic E-state index is 12.3. The minimum Gasteiger partial charge on any atom is -0.465 e. The smallest absolute Gasteiger partial charge is 0.350 e. The third-order valence-electron chi connectivity index (χ3n) is 7.83. The molecule has 0 spiro atoms. The summed E-state index contributed by atoms with van der Waals surface area (Å²) in [5.74, 6) is 0.665. The minimum atomic E-state index is -0.694. The van der Waals surface area contributed by atoms with E-state index in [0.717, 1.165) is 50.2 Å². The van der Waals surface area contributed by atoms with Gasteiger partial charge >= 0.3 is 11.6 Å². The van der Waals surface area contributed by atoms with Crippen molar-refractivity contribution in [2.24, 2.45) is 5.92 Å². The molecule has 8 heteroatoms. The van der Waals surface area contributed by atoms with E-state index in [2.05, 4.69) is 48.6 Å². The first kappa shape index (κ1) is 27.1. The number of fused-ring (bicyclic) bond motifs is 3. The van der Waals surface area contributed by atoms with Crippen molar-refractivity contribution in [1.82, 2.24) is 0 Å². The summed E-state index contributed by atoms with van der Waals surface area (Å²) < 4.78 is 16.4. The van der Waals surface area contributed by atoms with Crippen molar-refractivity contribution in [2.75, 3.05) is 38.0 Å². The number of hydrogen-bond donors (Lipinski definition) is 2. The van der Waals surface area contributed by atoms with E-state index >= 15 is 0 Å². The monoisotopic (exact) mass is 561 g/mol. The Morgan fingerprint density at radius 2 is 1.83 bits per heavy atom. The molecule has 0 bridgehead atoms. The van der Waals surface area contributed by atoms with Crippen molar-refractivity contribution in [2.45, 2.75) is 13.3 Å². The Labute approximate surface area is 242 Å². The Bertz CT molecular complexity index is 1950. The fraction of sp³-hybridized carbons (Fsp3) is 0.206. The molecule has 8 nitrogen and oxygen atoms in total. The van der Waals surface area contributed by atoms with Gasteiger partial charge in [0.15, 0.2) is 0 Å². The Kier molecular flexibility index (Phi) is 6.90. The van der Waals surface area contributed by atoms with E-state index in [1.807, 2.05) is 37.2 Å². The van der Waals surface area contributed by atoms with Gasteiger partial charge in [-0.15, -0.1) is 0 Å². The van der Waals surface area contributed by atoms with E-state index in [9.17, 15) is 9.59 Å². The highest BCUT2D eigenvalue weighted by Gasteiger charge is 2.24. The molecule has 1 aliphatic heterocycles. The van der Waals surface area contributed by atoms with E-state index < -0.39 is 11.6 Å². The molecule has 212 valence electrons. The summed E-state index contributed by atoms with van der Waals surface area (Å²) in [7, 11) is 5.24. The third-order valence-corrected chi connectivity index (χ3v) is 7.83.